The first-order chi connectivity index (χ1) is 13.1. The predicted molar refractivity (Wildman–Crippen MR) is 106 cm³/mol. The lowest BCUT2D eigenvalue weighted by Gasteiger charge is -2.09. The number of amides is 1. The molecule has 0 saturated heterocycles. The molecular weight excluding hydrogens is 362 g/mol. The predicted octanol–water partition coefficient (Wildman–Crippen LogP) is 4.24. The maximum atomic E-state index is 12.3. The molecule has 0 aliphatic carbocycles. The Bertz CT molecular complexity index is 908. The SMILES string of the molecule is Cc1cnn(CCCNC(=O)c2cccc(OCc3cccc(Cl)c3)c2)c1. The van der Waals surface area contributed by atoms with Crippen LogP contribution in [0.3, 0.4) is 0 Å². The second kappa shape index (κ2) is 9.24. The number of benzene rings is 2. The molecule has 0 unspecified atom stereocenters. The molecule has 6 heteroatoms. The fraction of sp³-hybridized carbons (Fsp3) is 0.238. The van der Waals surface area contributed by atoms with Gasteiger partial charge in [0.15, 0.2) is 0 Å². The van der Waals surface area contributed by atoms with Gasteiger partial charge in [0, 0.05) is 29.9 Å². The van der Waals surface area contributed by atoms with Gasteiger partial charge in [0.05, 0.1) is 6.20 Å². The van der Waals surface area contributed by atoms with Crippen LogP contribution in [-0.4, -0.2) is 22.2 Å². The summed E-state index contributed by atoms with van der Waals surface area (Å²) < 4.78 is 7.65. The molecule has 1 N–H and O–H groups in total. The Morgan fingerprint density at radius 2 is 2.07 bits per heavy atom. The number of halogens is 1. The second-order valence-corrected chi connectivity index (χ2v) is 6.77. The van der Waals surface area contributed by atoms with Crippen LogP contribution in [0.15, 0.2) is 60.9 Å². The van der Waals surface area contributed by atoms with Gasteiger partial charge in [0.2, 0.25) is 0 Å². The number of aryl methyl sites for hydroxylation is 2. The highest BCUT2D eigenvalue weighted by Gasteiger charge is 2.07. The number of hydrogen-bond acceptors (Lipinski definition) is 3. The molecule has 0 saturated carbocycles. The minimum Gasteiger partial charge on any atom is -0.489 e. The van der Waals surface area contributed by atoms with E-state index in [0.717, 1.165) is 24.1 Å². The van der Waals surface area contributed by atoms with Crippen LogP contribution >= 0.6 is 11.6 Å². The highest BCUT2D eigenvalue weighted by Crippen LogP contribution is 2.17. The summed E-state index contributed by atoms with van der Waals surface area (Å²) in [6.45, 7) is 3.77. The number of nitrogens with one attached hydrogen (secondary N) is 1. The van der Waals surface area contributed by atoms with Crippen molar-refractivity contribution in [3.05, 3.63) is 82.6 Å². The van der Waals surface area contributed by atoms with Gasteiger partial charge in [-0.05, 0) is 54.8 Å². The van der Waals surface area contributed by atoms with Gasteiger partial charge in [-0.25, -0.2) is 0 Å². The molecule has 0 spiro atoms. The molecule has 1 amide bonds. The minimum atomic E-state index is -0.111. The van der Waals surface area contributed by atoms with E-state index in [1.165, 1.54) is 0 Å². The van der Waals surface area contributed by atoms with Crippen molar-refractivity contribution < 1.29 is 9.53 Å². The number of hydrogen-bond donors (Lipinski definition) is 1. The van der Waals surface area contributed by atoms with E-state index < -0.39 is 0 Å². The van der Waals surface area contributed by atoms with Gasteiger partial charge < -0.3 is 10.1 Å². The summed E-state index contributed by atoms with van der Waals surface area (Å²) in [5.41, 5.74) is 2.69. The van der Waals surface area contributed by atoms with Gasteiger partial charge in [0.1, 0.15) is 12.4 Å². The molecule has 140 valence electrons. The average Bonchev–Trinajstić information content (AvgIpc) is 3.09. The van der Waals surface area contributed by atoms with Gasteiger partial charge in [-0.1, -0.05) is 29.8 Å². The van der Waals surface area contributed by atoms with Gasteiger partial charge in [-0.15, -0.1) is 0 Å². The van der Waals surface area contributed by atoms with Crippen molar-refractivity contribution in [2.45, 2.75) is 26.5 Å². The molecule has 0 atom stereocenters. The number of carbonyl (C=O) groups excluding carboxylic acids is 1. The first kappa shape index (κ1) is 19.0. The molecule has 3 aromatic rings. The first-order valence-corrected chi connectivity index (χ1v) is 9.22. The summed E-state index contributed by atoms with van der Waals surface area (Å²) in [5, 5.41) is 7.84. The number of aromatic nitrogens is 2. The fourth-order valence-corrected chi connectivity index (χ4v) is 2.87. The van der Waals surface area contributed by atoms with Crippen LogP contribution in [0.5, 0.6) is 5.75 Å². The third-order valence-electron chi connectivity index (χ3n) is 4.00. The van der Waals surface area contributed by atoms with Gasteiger partial charge in [0.25, 0.3) is 5.91 Å². The number of ether oxygens (including phenoxy) is 1. The van der Waals surface area contributed by atoms with Crippen LogP contribution in [-0.2, 0) is 13.2 Å². The summed E-state index contributed by atoms with van der Waals surface area (Å²) in [5.74, 6) is 0.537. The Balaban J connectivity index is 1.47. The van der Waals surface area contributed by atoms with Crippen LogP contribution in [0.2, 0.25) is 5.02 Å². The van der Waals surface area contributed by atoms with Gasteiger partial charge in [-0.3, -0.25) is 9.48 Å². The first-order valence-electron chi connectivity index (χ1n) is 8.85. The third kappa shape index (κ3) is 5.86. The highest BCUT2D eigenvalue weighted by atomic mass is 35.5. The Hall–Kier alpha value is -2.79. The number of nitrogens with zero attached hydrogens (tertiary/aromatic N) is 2. The van der Waals surface area contributed by atoms with Crippen molar-refractivity contribution in [1.82, 2.24) is 15.1 Å². The van der Waals surface area contributed by atoms with Crippen molar-refractivity contribution in [3.8, 4) is 5.75 Å². The Morgan fingerprint density at radius 1 is 1.22 bits per heavy atom. The quantitative estimate of drug-likeness (QED) is 0.592. The maximum Gasteiger partial charge on any atom is 0.251 e. The van der Waals surface area contributed by atoms with Gasteiger partial charge >= 0.3 is 0 Å². The summed E-state index contributed by atoms with van der Waals surface area (Å²) in [7, 11) is 0. The molecule has 27 heavy (non-hydrogen) atoms. The standard InChI is InChI=1S/C21H22ClN3O2/c1-16-13-24-25(14-16)10-4-9-23-21(26)18-6-3-8-20(12-18)27-15-17-5-2-7-19(22)11-17/h2-3,5-8,11-14H,4,9-10,15H2,1H3,(H,23,26). The topological polar surface area (TPSA) is 56.2 Å². The minimum absolute atomic E-state index is 0.111. The van der Waals surface area contributed by atoms with E-state index in [-0.39, 0.29) is 5.91 Å². The normalized spacial score (nSPS) is 10.6. The molecule has 1 aromatic heterocycles. The smallest absolute Gasteiger partial charge is 0.251 e. The molecule has 5 nitrogen and oxygen atoms in total. The van der Waals surface area contributed by atoms with Crippen molar-refractivity contribution >= 4 is 17.5 Å². The zero-order valence-electron chi connectivity index (χ0n) is 15.2. The monoisotopic (exact) mass is 383 g/mol. The molecular formula is C21H22ClN3O2. The van der Waals surface area contributed by atoms with Crippen molar-refractivity contribution in [1.29, 1.82) is 0 Å². The molecule has 0 bridgehead atoms. The van der Waals surface area contributed by atoms with Crippen LogP contribution in [0.25, 0.3) is 0 Å². The van der Waals surface area contributed by atoms with E-state index in [2.05, 4.69) is 10.4 Å². The summed E-state index contributed by atoms with van der Waals surface area (Å²) in [6.07, 6.45) is 4.63. The van der Waals surface area contributed by atoms with Crippen molar-refractivity contribution in [2.24, 2.45) is 0 Å². The van der Waals surface area contributed by atoms with E-state index in [4.69, 9.17) is 16.3 Å². The summed E-state index contributed by atoms with van der Waals surface area (Å²) in [4.78, 5) is 12.3. The van der Waals surface area contributed by atoms with Crippen LogP contribution < -0.4 is 10.1 Å². The van der Waals surface area contributed by atoms with E-state index in [0.29, 0.717) is 29.5 Å². The lowest BCUT2D eigenvalue weighted by Crippen LogP contribution is -2.25. The fourth-order valence-electron chi connectivity index (χ4n) is 2.65. The third-order valence-corrected chi connectivity index (χ3v) is 4.24. The summed E-state index contributed by atoms with van der Waals surface area (Å²) in [6, 6.07) is 14.7. The van der Waals surface area contributed by atoms with Crippen LogP contribution in [0.4, 0.5) is 0 Å². The Kier molecular flexibility index (Phi) is 6.49. The van der Waals surface area contributed by atoms with Crippen molar-refractivity contribution in [3.63, 3.8) is 0 Å². The molecule has 0 aliphatic rings. The second-order valence-electron chi connectivity index (χ2n) is 6.34. The summed E-state index contributed by atoms with van der Waals surface area (Å²) >= 11 is 5.98. The van der Waals surface area contributed by atoms with Gasteiger partial charge in [-0.2, -0.15) is 5.10 Å². The zero-order valence-corrected chi connectivity index (χ0v) is 15.9. The number of rotatable bonds is 8. The lowest BCUT2D eigenvalue weighted by atomic mass is 10.2. The van der Waals surface area contributed by atoms with E-state index in [9.17, 15) is 4.79 Å². The van der Waals surface area contributed by atoms with Crippen molar-refractivity contribution in [2.75, 3.05) is 6.54 Å². The molecule has 1 heterocycles. The van der Waals surface area contributed by atoms with E-state index >= 15 is 0 Å². The molecule has 2 aromatic carbocycles. The van der Waals surface area contributed by atoms with Crippen LogP contribution in [0, 0.1) is 6.92 Å². The molecule has 0 aliphatic heterocycles. The average molecular weight is 384 g/mol. The molecule has 3 rings (SSSR count). The van der Waals surface area contributed by atoms with Crippen LogP contribution in [0.1, 0.15) is 27.9 Å². The van der Waals surface area contributed by atoms with E-state index in [1.807, 2.05) is 60.4 Å². The largest absolute Gasteiger partial charge is 0.489 e. The lowest BCUT2D eigenvalue weighted by molar-refractivity contribution is 0.0952. The highest BCUT2D eigenvalue weighted by molar-refractivity contribution is 6.30. The molecule has 0 fully saturated rings. The Labute approximate surface area is 163 Å². The molecule has 0 radical (unpaired) electrons. The number of carbonyl (C=O) groups is 1. The zero-order chi connectivity index (χ0) is 19.1. The van der Waals surface area contributed by atoms with E-state index in [1.54, 1.807) is 12.1 Å². The Morgan fingerprint density at radius 3 is 2.85 bits per heavy atom. The maximum absolute atomic E-state index is 12.3.